The zero-order valence-electron chi connectivity index (χ0n) is 12.7. The number of guanidine groups is 1. The first kappa shape index (κ1) is 17.1. The molecule has 0 heterocycles. The van der Waals surface area contributed by atoms with E-state index in [2.05, 4.69) is 10.2 Å². The molecule has 0 fully saturated rings. The monoisotopic (exact) mass is 326 g/mol. The number of rotatable bonds is 5. The van der Waals surface area contributed by atoms with Gasteiger partial charge >= 0.3 is 0 Å². The second-order valence-corrected chi connectivity index (χ2v) is 4.83. The van der Waals surface area contributed by atoms with Gasteiger partial charge in [0.15, 0.2) is 0 Å². The van der Waals surface area contributed by atoms with Gasteiger partial charge in [0.25, 0.3) is 0 Å². The van der Waals surface area contributed by atoms with Crippen molar-refractivity contribution in [1.29, 1.82) is 0 Å². The Morgan fingerprint density at radius 1 is 0.792 bits per heavy atom. The first-order valence-electron chi connectivity index (χ1n) is 7.07. The summed E-state index contributed by atoms with van der Waals surface area (Å²) in [7, 11) is 0. The molecule has 2 rings (SSSR count). The standard InChI is InChI=1S/C18H16F2N4/c19-15-5-1-3-13(11-15)7-9-17(23-24-18(21)22)10-8-14-4-2-6-16(20)12-14/h1-12H,(H4,21,22,24)/b9-7+,10-8+. The van der Waals surface area contributed by atoms with Crippen LogP contribution in [0.3, 0.4) is 0 Å². The second-order valence-electron chi connectivity index (χ2n) is 4.83. The third-order valence-electron chi connectivity index (χ3n) is 2.87. The predicted molar refractivity (Wildman–Crippen MR) is 94.1 cm³/mol. The molecule has 0 atom stereocenters. The van der Waals surface area contributed by atoms with Gasteiger partial charge < -0.3 is 11.5 Å². The Hall–Kier alpha value is -3.28. The van der Waals surface area contributed by atoms with Crippen molar-refractivity contribution in [2.24, 2.45) is 21.7 Å². The van der Waals surface area contributed by atoms with Crippen molar-refractivity contribution in [3.05, 3.63) is 83.4 Å². The lowest BCUT2D eigenvalue weighted by Gasteiger charge is -1.96. The van der Waals surface area contributed by atoms with Gasteiger partial charge in [-0.2, -0.15) is 0 Å². The lowest BCUT2D eigenvalue weighted by Crippen LogP contribution is -2.22. The van der Waals surface area contributed by atoms with Gasteiger partial charge in [0.1, 0.15) is 11.6 Å². The van der Waals surface area contributed by atoms with Crippen LogP contribution in [0.5, 0.6) is 0 Å². The number of halogens is 2. The van der Waals surface area contributed by atoms with E-state index in [1.165, 1.54) is 24.3 Å². The molecule has 0 aliphatic carbocycles. The number of allylic oxidation sites excluding steroid dienone is 2. The molecule has 0 saturated heterocycles. The van der Waals surface area contributed by atoms with Gasteiger partial charge in [0.05, 0.1) is 5.71 Å². The zero-order valence-corrected chi connectivity index (χ0v) is 12.7. The van der Waals surface area contributed by atoms with E-state index in [0.29, 0.717) is 16.8 Å². The Bertz CT molecular complexity index is 762. The Morgan fingerprint density at radius 3 is 1.71 bits per heavy atom. The largest absolute Gasteiger partial charge is 0.369 e. The SMILES string of the molecule is NC(N)=NN=C(/C=C/c1cccc(F)c1)/C=C/c1cccc(F)c1. The maximum Gasteiger partial charge on any atom is 0.211 e. The van der Waals surface area contributed by atoms with Crippen molar-refractivity contribution in [2.75, 3.05) is 0 Å². The molecule has 24 heavy (non-hydrogen) atoms. The van der Waals surface area contributed by atoms with Gasteiger partial charge in [-0.15, -0.1) is 10.2 Å². The summed E-state index contributed by atoms with van der Waals surface area (Å²) >= 11 is 0. The van der Waals surface area contributed by atoms with Crippen molar-refractivity contribution >= 4 is 23.8 Å². The molecule has 0 aromatic heterocycles. The van der Waals surface area contributed by atoms with Gasteiger partial charge in [-0.3, -0.25) is 0 Å². The van der Waals surface area contributed by atoms with E-state index in [4.69, 9.17) is 11.5 Å². The molecular formula is C18H16F2N4. The average molecular weight is 326 g/mol. The molecule has 6 heteroatoms. The zero-order chi connectivity index (χ0) is 17.4. The molecule has 4 nitrogen and oxygen atoms in total. The number of hydrogen-bond donors (Lipinski definition) is 2. The lowest BCUT2D eigenvalue weighted by atomic mass is 10.1. The van der Waals surface area contributed by atoms with E-state index in [1.807, 2.05) is 0 Å². The fourth-order valence-electron chi connectivity index (χ4n) is 1.82. The summed E-state index contributed by atoms with van der Waals surface area (Å²) in [4.78, 5) is 0. The van der Waals surface area contributed by atoms with E-state index in [-0.39, 0.29) is 17.6 Å². The minimum Gasteiger partial charge on any atom is -0.369 e. The van der Waals surface area contributed by atoms with E-state index in [0.717, 1.165) is 0 Å². The van der Waals surface area contributed by atoms with Crippen LogP contribution in [0, 0.1) is 11.6 Å². The van der Waals surface area contributed by atoms with E-state index >= 15 is 0 Å². The van der Waals surface area contributed by atoms with Crippen molar-refractivity contribution in [3.63, 3.8) is 0 Å². The summed E-state index contributed by atoms with van der Waals surface area (Å²) in [5.74, 6) is -0.865. The summed E-state index contributed by atoms with van der Waals surface area (Å²) in [5, 5.41) is 7.49. The summed E-state index contributed by atoms with van der Waals surface area (Å²) in [6, 6.07) is 12.2. The fraction of sp³-hybridized carbons (Fsp3) is 0. The molecule has 2 aromatic carbocycles. The molecule has 0 aliphatic heterocycles. The van der Waals surface area contributed by atoms with Gasteiger partial charge in [-0.05, 0) is 47.5 Å². The minimum atomic E-state index is -0.338. The van der Waals surface area contributed by atoms with Crippen molar-refractivity contribution < 1.29 is 8.78 Å². The van der Waals surface area contributed by atoms with Crippen LogP contribution in [0.4, 0.5) is 8.78 Å². The van der Waals surface area contributed by atoms with Crippen LogP contribution in [0.2, 0.25) is 0 Å². The molecular weight excluding hydrogens is 310 g/mol. The highest BCUT2D eigenvalue weighted by atomic mass is 19.1. The maximum atomic E-state index is 13.2. The maximum absolute atomic E-state index is 13.2. The minimum absolute atomic E-state index is 0.189. The highest BCUT2D eigenvalue weighted by Gasteiger charge is 1.95. The lowest BCUT2D eigenvalue weighted by molar-refractivity contribution is 0.627. The van der Waals surface area contributed by atoms with Gasteiger partial charge in [-0.1, -0.05) is 36.4 Å². The smallest absolute Gasteiger partial charge is 0.211 e. The molecule has 0 unspecified atom stereocenters. The molecule has 0 spiro atoms. The van der Waals surface area contributed by atoms with Crippen molar-refractivity contribution in [3.8, 4) is 0 Å². The summed E-state index contributed by atoms with van der Waals surface area (Å²) in [6.07, 6.45) is 6.58. The Labute approximate surface area is 138 Å². The number of hydrogen-bond acceptors (Lipinski definition) is 2. The molecule has 0 saturated carbocycles. The van der Waals surface area contributed by atoms with Crippen LogP contribution >= 0.6 is 0 Å². The van der Waals surface area contributed by atoms with Gasteiger partial charge in [-0.25, -0.2) is 8.78 Å². The Morgan fingerprint density at radius 2 is 1.29 bits per heavy atom. The van der Waals surface area contributed by atoms with Crippen molar-refractivity contribution in [1.82, 2.24) is 0 Å². The fourth-order valence-corrected chi connectivity index (χ4v) is 1.82. The number of nitrogens with zero attached hydrogens (tertiary/aromatic N) is 2. The molecule has 0 bridgehead atoms. The first-order chi connectivity index (χ1) is 11.5. The Kier molecular flexibility index (Phi) is 5.96. The highest BCUT2D eigenvalue weighted by molar-refractivity contribution is 6.08. The van der Waals surface area contributed by atoms with Gasteiger partial charge in [0, 0.05) is 0 Å². The topological polar surface area (TPSA) is 76.8 Å². The summed E-state index contributed by atoms with van der Waals surface area (Å²) < 4.78 is 26.4. The quantitative estimate of drug-likeness (QED) is 0.502. The van der Waals surface area contributed by atoms with Crippen LogP contribution in [-0.2, 0) is 0 Å². The summed E-state index contributed by atoms with van der Waals surface area (Å²) in [6.45, 7) is 0. The average Bonchev–Trinajstić information content (AvgIpc) is 2.54. The predicted octanol–water partition coefficient (Wildman–Crippen LogP) is 3.32. The van der Waals surface area contributed by atoms with Crippen LogP contribution in [0.25, 0.3) is 12.2 Å². The molecule has 4 N–H and O–H groups in total. The van der Waals surface area contributed by atoms with Gasteiger partial charge in [0.2, 0.25) is 5.96 Å². The number of nitrogens with two attached hydrogens (primary N) is 2. The van der Waals surface area contributed by atoms with E-state index in [1.54, 1.807) is 48.6 Å². The second kappa shape index (κ2) is 8.38. The molecule has 0 amide bonds. The van der Waals surface area contributed by atoms with Crippen LogP contribution in [-0.4, -0.2) is 11.7 Å². The van der Waals surface area contributed by atoms with Crippen LogP contribution < -0.4 is 11.5 Å². The molecule has 0 radical (unpaired) electrons. The third-order valence-corrected chi connectivity index (χ3v) is 2.87. The number of benzene rings is 2. The normalized spacial score (nSPS) is 10.9. The van der Waals surface area contributed by atoms with E-state index in [9.17, 15) is 8.78 Å². The van der Waals surface area contributed by atoms with Crippen LogP contribution in [0.15, 0.2) is 70.9 Å². The van der Waals surface area contributed by atoms with Crippen LogP contribution in [0.1, 0.15) is 11.1 Å². The highest BCUT2D eigenvalue weighted by Crippen LogP contribution is 2.08. The third kappa shape index (κ3) is 5.84. The Balaban J connectivity index is 2.25. The molecule has 122 valence electrons. The van der Waals surface area contributed by atoms with Crippen molar-refractivity contribution in [2.45, 2.75) is 0 Å². The van der Waals surface area contributed by atoms with E-state index < -0.39 is 0 Å². The molecule has 2 aromatic rings. The first-order valence-corrected chi connectivity index (χ1v) is 7.07. The molecule has 0 aliphatic rings. The summed E-state index contributed by atoms with van der Waals surface area (Å²) in [5.41, 5.74) is 12.3.